The maximum Gasteiger partial charge on any atom is 0.0344 e. The van der Waals surface area contributed by atoms with Crippen molar-refractivity contribution in [3.63, 3.8) is 0 Å². The van der Waals surface area contributed by atoms with Gasteiger partial charge in [-0.3, -0.25) is 4.90 Å². The Bertz CT molecular complexity index is 305. The monoisotopic (exact) mass is 295 g/mol. The van der Waals surface area contributed by atoms with Gasteiger partial charge in [-0.15, -0.1) is 0 Å². The lowest BCUT2D eigenvalue weighted by molar-refractivity contribution is 0.0797. The minimum Gasteiger partial charge on any atom is -0.329 e. The Hall–Kier alpha value is -0.120. The predicted octanol–water partition coefficient (Wildman–Crippen LogP) is 2.95. The van der Waals surface area contributed by atoms with Gasteiger partial charge >= 0.3 is 0 Å². The molecular formula is C18H37N3. The van der Waals surface area contributed by atoms with Gasteiger partial charge in [-0.2, -0.15) is 0 Å². The topological polar surface area (TPSA) is 32.5 Å². The SMILES string of the molecule is CCN1CCCC(CN)(N2CCCC(C(C)C)CC2)CC1. The zero-order chi connectivity index (χ0) is 15.3. The van der Waals surface area contributed by atoms with Gasteiger partial charge in [0.2, 0.25) is 0 Å². The molecule has 0 bridgehead atoms. The van der Waals surface area contributed by atoms with Crippen molar-refractivity contribution in [1.29, 1.82) is 0 Å². The molecule has 2 unspecified atom stereocenters. The maximum absolute atomic E-state index is 6.31. The smallest absolute Gasteiger partial charge is 0.0344 e. The van der Waals surface area contributed by atoms with Crippen molar-refractivity contribution in [3.8, 4) is 0 Å². The molecule has 2 N–H and O–H groups in total. The minimum absolute atomic E-state index is 0.287. The third kappa shape index (κ3) is 4.20. The van der Waals surface area contributed by atoms with E-state index in [0.717, 1.165) is 18.4 Å². The fourth-order valence-corrected chi connectivity index (χ4v) is 4.46. The van der Waals surface area contributed by atoms with E-state index < -0.39 is 0 Å². The molecule has 2 aliphatic rings. The summed E-state index contributed by atoms with van der Waals surface area (Å²) in [6, 6.07) is 0. The summed E-state index contributed by atoms with van der Waals surface area (Å²) in [6.45, 7) is 14.1. The first-order valence-electron chi connectivity index (χ1n) is 9.29. The van der Waals surface area contributed by atoms with Crippen LogP contribution in [0.3, 0.4) is 0 Å². The van der Waals surface area contributed by atoms with E-state index in [0.29, 0.717) is 0 Å². The van der Waals surface area contributed by atoms with Crippen LogP contribution in [-0.2, 0) is 0 Å². The van der Waals surface area contributed by atoms with Crippen molar-refractivity contribution in [2.45, 2.75) is 64.8 Å². The van der Waals surface area contributed by atoms with Crippen molar-refractivity contribution in [3.05, 3.63) is 0 Å². The van der Waals surface area contributed by atoms with Gasteiger partial charge in [-0.1, -0.05) is 20.8 Å². The highest BCUT2D eigenvalue weighted by atomic mass is 15.2. The fraction of sp³-hybridized carbons (Fsp3) is 1.00. The molecule has 3 nitrogen and oxygen atoms in total. The molecule has 2 atom stereocenters. The fourth-order valence-electron chi connectivity index (χ4n) is 4.46. The lowest BCUT2D eigenvalue weighted by Gasteiger charge is -2.43. The summed E-state index contributed by atoms with van der Waals surface area (Å²) in [5.41, 5.74) is 6.60. The summed E-state index contributed by atoms with van der Waals surface area (Å²) < 4.78 is 0. The third-order valence-electron chi connectivity index (χ3n) is 6.22. The van der Waals surface area contributed by atoms with Crippen LogP contribution in [0.25, 0.3) is 0 Å². The first-order valence-corrected chi connectivity index (χ1v) is 9.29. The summed E-state index contributed by atoms with van der Waals surface area (Å²) in [6.07, 6.45) is 8.03. The molecule has 0 aromatic heterocycles. The van der Waals surface area contributed by atoms with Gasteiger partial charge in [0.25, 0.3) is 0 Å². The molecule has 0 aromatic carbocycles. The summed E-state index contributed by atoms with van der Waals surface area (Å²) in [4.78, 5) is 5.39. The van der Waals surface area contributed by atoms with Crippen molar-refractivity contribution >= 4 is 0 Å². The number of nitrogens with two attached hydrogens (primary N) is 1. The van der Waals surface area contributed by atoms with Crippen molar-refractivity contribution in [2.24, 2.45) is 17.6 Å². The minimum atomic E-state index is 0.287. The van der Waals surface area contributed by atoms with Gasteiger partial charge in [0.1, 0.15) is 0 Å². The van der Waals surface area contributed by atoms with Gasteiger partial charge in [0, 0.05) is 12.1 Å². The van der Waals surface area contributed by atoms with Crippen LogP contribution in [0.4, 0.5) is 0 Å². The van der Waals surface area contributed by atoms with Crippen LogP contribution in [0.2, 0.25) is 0 Å². The average molecular weight is 296 g/mol. The molecule has 0 spiro atoms. The highest BCUT2D eigenvalue weighted by Crippen LogP contribution is 2.33. The van der Waals surface area contributed by atoms with E-state index in [2.05, 4.69) is 30.6 Å². The lowest BCUT2D eigenvalue weighted by atomic mass is 9.87. The van der Waals surface area contributed by atoms with E-state index in [4.69, 9.17) is 5.73 Å². The number of nitrogens with zero attached hydrogens (tertiary/aromatic N) is 2. The highest BCUT2D eigenvalue weighted by molar-refractivity contribution is 4.95. The van der Waals surface area contributed by atoms with E-state index >= 15 is 0 Å². The predicted molar refractivity (Wildman–Crippen MR) is 91.5 cm³/mol. The van der Waals surface area contributed by atoms with Crippen LogP contribution < -0.4 is 5.73 Å². The van der Waals surface area contributed by atoms with Gasteiger partial charge in [-0.25, -0.2) is 0 Å². The van der Waals surface area contributed by atoms with Crippen molar-refractivity contribution < 1.29 is 0 Å². The van der Waals surface area contributed by atoms with E-state index in [1.165, 1.54) is 71.2 Å². The third-order valence-corrected chi connectivity index (χ3v) is 6.22. The molecular weight excluding hydrogens is 258 g/mol. The Morgan fingerprint density at radius 1 is 1.05 bits per heavy atom. The van der Waals surface area contributed by atoms with Crippen LogP contribution in [0.15, 0.2) is 0 Å². The number of rotatable bonds is 4. The molecule has 0 amide bonds. The van der Waals surface area contributed by atoms with Crippen LogP contribution in [0.1, 0.15) is 59.3 Å². The molecule has 0 aliphatic carbocycles. The molecule has 2 fully saturated rings. The zero-order valence-electron chi connectivity index (χ0n) is 14.6. The Morgan fingerprint density at radius 2 is 1.86 bits per heavy atom. The zero-order valence-corrected chi connectivity index (χ0v) is 14.6. The largest absolute Gasteiger partial charge is 0.329 e. The van der Waals surface area contributed by atoms with Gasteiger partial charge < -0.3 is 10.6 Å². The van der Waals surface area contributed by atoms with E-state index in [1.54, 1.807) is 0 Å². The second-order valence-electron chi connectivity index (χ2n) is 7.64. The number of hydrogen-bond donors (Lipinski definition) is 1. The Kier molecular flexibility index (Phi) is 6.51. The molecule has 3 heteroatoms. The molecule has 0 radical (unpaired) electrons. The maximum atomic E-state index is 6.31. The second-order valence-corrected chi connectivity index (χ2v) is 7.64. The van der Waals surface area contributed by atoms with Crippen LogP contribution in [-0.4, -0.2) is 54.6 Å². The van der Waals surface area contributed by atoms with Crippen LogP contribution in [0.5, 0.6) is 0 Å². The quantitative estimate of drug-likeness (QED) is 0.865. The summed E-state index contributed by atoms with van der Waals surface area (Å²) in [5, 5.41) is 0. The number of likely N-dealkylation sites (tertiary alicyclic amines) is 2. The lowest BCUT2D eigenvalue weighted by Crippen LogP contribution is -2.54. The molecule has 21 heavy (non-hydrogen) atoms. The normalized spacial score (nSPS) is 33.9. The standard InChI is InChI=1S/C18H37N3/c1-4-20-11-6-9-18(15-19,10-14-20)21-12-5-7-17(8-13-21)16(2)3/h16-17H,4-15,19H2,1-3H3. The summed E-state index contributed by atoms with van der Waals surface area (Å²) >= 11 is 0. The van der Waals surface area contributed by atoms with E-state index in [9.17, 15) is 0 Å². The molecule has 124 valence electrons. The molecule has 2 saturated heterocycles. The summed E-state index contributed by atoms with van der Waals surface area (Å²) in [7, 11) is 0. The summed E-state index contributed by atoms with van der Waals surface area (Å²) in [5.74, 6) is 1.76. The highest BCUT2D eigenvalue weighted by Gasteiger charge is 2.37. The van der Waals surface area contributed by atoms with Crippen molar-refractivity contribution in [2.75, 3.05) is 39.3 Å². The van der Waals surface area contributed by atoms with Crippen molar-refractivity contribution in [1.82, 2.24) is 9.80 Å². The van der Waals surface area contributed by atoms with Crippen LogP contribution in [0, 0.1) is 11.8 Å². The molecule has 0 saturated carbocycles. The van der Waals surface area contributed by atoms with Crippen LogP contribution >= 0.6 is 0 Å². The second kappa shape index (κ2) is 7.94. The first kappa shape index (κ1) is 17.2. The molecule has 2 heterocycles. The Balaban J connectivity index is 2.02. The van der Waals surface area contributed by atoms with Gasteiger partial charge in [0.15, 0.2) is 0 Å². The van der Waals surface area contributed by atoms with E-state index in [-0.39, 0.29) is 5.54 Å². The Morgan fingerprint density at radius 3 is 2.52 bits per heavy atom. The first-order chi connectivity index (χ1) is 10.1. The number of hydrogen-bond acceptors (Lipinski definition) is 3. The van der Waals surface area contributed by atoms with E-state index in [1.807, 2.05) is 0 Å². The molecule has 2 aliphatic heterocycles. The van der Waals surface area contributed by atoms with Gasteiger partial charge in [0.05, 0.1) is 0 Å². The van der Waals surface area contributed by atoms with Gasteiger partial charge in [-0.05, 0) is 83.1 Å². The Labute approximate surface area is 132 Å². The molecule has 0 aromatic rings. The molecule has 2 rings (SSSR count). The average Bonchev–Trinajstić information content (AvgIpc) is 2.86.